The molecule has 2 aliphatic heterocycles. The molecule has 1 fully saturated rings. The van der Waals surface area contributed by atoms with Crippen LogP contribution in [0.4, 0.5) is 0 Å². The van der Waals surface area contributed by atoms with E-state index in [0.29, 0.717) is 10.6 Å². The number of aliphatic hydroxyl groups is 2. The molecule has 3 N–H and O–H groups in total. The Labute approximate surface area is 132 Å². The van der Waals surface area contributed by atoms with Crippen LogP contribution in [0.5, 0.6) is 0 Å². The van der Waals surface area contributed by atoms with Gasteiger partial charge in [0, 0.05) is 4.88 Å². The van der Waals surface area contributed by atoms with Crippen molar-refractivity contribution in [2.75, 3.05) is 18.1 Å². The van der Waals surface area contributed by atoms with E-state index in [1.807, 2.05) is 13.8 Å². The Balaban J connectivity index is 1.90. The zero-order chi connectivity index (χ0) is 16.2. The topological polar surface area (TPSA) is 115 Å². The Morgan fingerprint density at radius 2 is 2.05 bits per heavy atom. The zero-order valence-corrected chi connectivity index (χ0v) is 13.8. The molecule has 0 aliphatic carbocycles. The molecule has 0 saturated carbocycles. The third kappa shape index (κ3) is 2.42. The molecule has 1 aromatic heterocycles. The highest BCUT2D eigenvalue weighted by Gasteiger charge is 2.44. The molecular weight excluding hydrogens is 326 g/mol. The third-order valence-corrected chi connectivity index (χ3v) is 6.86. The van der Waals surface area contributed by atoms with Crippen LogP contribution in [0.25, 0.3) is 5.57 Å². The van der Waals surface area contributed by atoms with Gasteiger partial charge in [-0.15, -0.1) is 11.3 Å². The van der Waals surface area contributed by atoms with E-state index in [0.717, 1.165) is 10.6 Å². The average Bonchev–Trinajstić information content (AvgIpc) is 2.96. The SMILES string of the molecule is Cc1nc(C2=C(O)CN([C@@H]3CS(=O)(=O)C[C@@H]3O)C2=N)sc1C. The Morgan fingerprint density at radius 3 is 2.55 bits per heavy atom. The fourth-order valence-corrected chi connectivity index (χ4v) is 5.58. The summed E-state index contributed by atoms with van der Waals surface area (Å²) in [6.07, 6.45) is -1.04. The third-order valence-electron chi connectivity index (χ3n) is 4.07. The molecule has 22 heavy (non-hydrogen) atoms. The zero-order valence-electron chi connectivity index (χ0n) is 12.2. The van der Waals surface area contributed by atoms with Crippen LogP contribution in [0, 0.1) is 19.3 Å². The monoisotopic (exact) mass is 343 g/mol. The van der Waals surface area contributed by atoms with Crippen LogP contribution in [0.15, 0.2) is 5.76 Å². The summed E-state index contributed by atoms with van der Waals surface area (Å²) in [6.45, 7) is 3.80. The van der Waals surface area contributed by atoms with Crippen LogP contribution in [-0.2, 0) is 9.84 Å². The Bertz CT molecular complexity index is 762. The predicted molar refractivity (Wildman–Crippen MR) is 84.0 cm³/mol. The van der Waals surface area contributed by atoms with E-state index in [2.05, 4.69) is 4.98 Å². The van der Waals surface area contributed by atoms with Gasteiger partial charge in [0.2, 0.25) is 0 Å². The number of aryl methyl sites for hydroxylation is 2. The maximum Gasteiger partial charge on any atom is 0.155 e. The molecule has 120 valence electrons. The Kier molecular flexibility index (Phi) is 3.54. The van der Waals surface area contributed by atoms with Crippen molar-refractivity contribution in [1.29, 1.82) is 5.41 Å². The number of thiazole rings is 1. The van der Waals surface area contributed by atoms with Crippen molar-refractivity contribution >= 4 is 32.6 Å². The van der Waals surface area contributed by atoms with E-state index < -0.39 is 22.0 Å². The van der Waals surface area contributed by atoms with Gasteiger partial charge in [-0.3, -0.25) is 5.41 Å². The first-order valence-corrected chi connectivity index (χ1v) is 9.44. The Hall–Kier alpha value is -1.45. The number of nitrogens with zero attached hydrogens (tertiary/aromatic N) is 2. The molecule has 3 heterocycles. The first kappa shape index (κ1) is 15.4. The van der Waals surface area contributed by atoms with Crippen molar-refractivity contribution in [2.24, 2.45) is 0 Å². The van der Waals surface area contributed by atoms with Crippen LogP contribution >= 0.6 is 11.3 Å². The molecular formula is C13H17N3O4S2. The molecule has 0 spiro atoms. The van der Waals surface area contributed by atoms with Crippen LogP contribution in [0.3, 0.4) is 0 Å². The normalized spacial score (nSPS) is 28.0. The number of nitrogens with one attached hydrogen (secondary N) is 1. The van der Waals surface area contributed by atoms with E-state index in [9.17, 15) is 18.6 Å². The molecule has 2 atom stereocenters. The highest BCUT2D eigenvalue weighted by molar-refractivity contribution is 7.91. The molecule has 7 nitrogen and oxygen atoms in total. The number of rotatable bonds is 2. The van der Waals surface area contributed by atoms with E-state index in [4.69, 9.17) is 5.41 Å². The summed E-state index contributed by atoms with van der Waals surface area (Å²) in [5, 5.41) is 29.0. The maximum absolute atomic E-state index is 11.7. The first-order valence-electron chi connectivity index (χ1n) is 6.80. The molecule has 1 saturated heterocycles. The van der Waals surface area contributed by atoms with E-state index >= 15 is 0 Å². The summed E-state index contributed by atoms with van der Waals surface area (Å²) in [5.41, 5.74) is 1.17. The maximum atomic E-state index is 11.7. The molecule has 0 radical (unpaired) electrons. The molecule has 9 heteroatoms. The molecule has 0 bridgehead atoms. The van der Waals surface area contributed by atoms with Crippen LogP contribution in [0.1, 0.15) is 15.6 Å². The van der Waals surface area contributed by atoms with Crippen molar-refractivity contribution in [3.05, 3.63) is 21.3 Å². The van der Waals surface area contributed by atoms with E-state index in [-0.39, 0.29) is 29.6 Å². The summed E-state index contributed by atoms with van der Waals surface area (Å²) in [4.78, 5) is 6.81. The smallest absolute Gasteiger partial charge is 0.155 e. The minimum absolute atomic E-state index is 0.00440. The lowest BCUT2D eigenvalue weighted by molar-refractivity contribution is 0.124. The molecule has 2 aliphatic rings. The standard InChI is InChI=1S/C13H17N3O4S2/c1-6-7(2)21-13(15-6)11-9(17)3-16(12(11)14)8-4-22(19,20)5-10(8)18/h8,10,14,17-18H,3-5H2,1-2H3/t8-,10+/m1/s1. The van der Waals surface area contributed by atoms with Gasteiger partial charge < -0.3 is 15.1 Å². The fraction of sp³-hybridized carbons (Fsp3) is 0.538. The summed E-state index contributed by atoms with van der Waals surface area (Å²) in [6, 6.07) is -0.695. The van der Waals surface area contributed by atoms with Crippen molar-refractivity contribution in [2.45, 2.75) is 26.0 Å². The number of aliphatic hydroxyl groups excluding tert-OH is 2. The van der Waals surface area contributed by atoms with E-state index in [1.165, 1.54) is 16.2 Å². The van der Waals surface area contributed by atoms with Crippen LogP contribution in [-0.4, -0.2) is 64.5 Å². The highest BCUT2D eigenvalue weighted by Crippen LogP contribution is 2.34. The molecule has 1 aromatic rings. The summed E-state index contributed by atoms with van der Waals surface area (Å²) >= 11 is 1.39. The molecule has 0 aromatic carbocycles. The van der Waals surface area contributed by atoms with Gasteiger partial charge in [-0.25, -0.2) is 13.4 Å². The minimum atomic E-state index is -3.31. The number of hydrogen-bond donors (Lipinski definition) is 3. The molecule has 0 amide bonds. The summed E-state index contributed by atoms with van der Waals surface area (Å²) < 4.78 is 23.3. The first-order chi connectivity index (χ1) is 10.2. The number of amidine groups is 1. The van der Waals surface area contributed by atoms with Crippen molar-refractivity contribution in [3.8, 4) is 0 Å². The van der Waals surface area contributed by atoms with E-state index in [1.54, 1.807) is 0 Å². The second kappa shape index (κ2) is 5.04. The van der Waals surface area contributed by atoms with Gasteiger partial charge in [0.05, 0.1) is 41.5 Å². The lowest BCUT2D eigenvalue weighted by Gasteiger charge is -2.27. The van der Waals surface area contributed by atoms with Gasteiger partial charge in [-0.05, 0) is 13.8 Å². The van der Waals surface area contributed by atoms with Gasteiger partial charge in [0.1, 0.15) is 16.6 Å². The Morgan fingerprint density at radius 1 is 1.36 bits per heavy atom. The van der Waals surface area contributed by atoms with Crippen molar-refractivity contribution in [3.63, 3.8) is 0 Å². The highest BCUT2D eigenvalue weighted by atomic mass is 32.2. The van der Waals surface area contributed by atoms with Crippen molar-refractivity contribution < 1.29 is 18.6 Å². The number of hydrogen-bond acceptors (Lipinski definition) is 7. The van der Waals surface area contributed by atoms with Gasteiger partial charge in [0.15, 0.2) is 9.84 Å². The predicted octanol–water partition coefficient (Wildman–Crippen LogP) is 0.480. The second-order valence-corrected chi connectivity index (χ2v) is 9.03. The number of sulfone groups is 1. The van der Waals surface area contributed by atoms with Gasteiger partial charge in [-0.1, -0.05) is 0 Å². The number of aromatic nitrogens is 1. The lowest BCUT2D eigenvalue weighted by Crippen LogP contribution is -2.44. The average molecular weight is 343 g/mol. The van der Waals surface area contributed by atoms with Crippen molar-refractivity contribution in [1.82, 2.24) is 9.88 Å². The van der Waals surface area contributed by atoms with Crippen LogP contribution in [0.2, 0.25) is 0 Å². The molecule has 0 unspecified atom stereocenters. The van der Waals surface area contributed by atoms with Gasteiger partial charge >= 0.3 is 0 Å². The summed E-state index contributed by atoms with van der Waals surface area (Å²) in [5.74, 6) is -0.484. The van der Waals surface area contributed by atoms with Gasteiger partial charge in [-0.2, -0.15) is 0 Å². The quantitative estimate of drug-likeness (QED) is 0.719. The van der Waals surface area contributed by atoms with Crippen LogP contribution < -0.4 is 0 Å². The second-order valence-electron chi connectivity index (χ2n) is 5.67. The lowest BCUT2D eigenvalue weighted by atomic mass is 10.2. The summed E-state index contributed by atoms with van der Waals surface area (Å²) in [7, 11) is -3.31. The fourth-order valence-electron chi connectivity index (χ4n) is 2.80. The largest absolute Gasteiger partial charge is 0.510 e. The molecule has 3 rings (SSSR count). The minimum Gasteiger partial charge on any atom is -0.510 e. The van der Waals surface area contributed by atoms with Gasteiger partial charge in [0.25, 0.3) is 0 Å².